The zero-order valence-electron chi connectivity index (χ0n) is 12.5. The van der Waals surface area contributed by atoms with Crippen LogP contribution in [0.25, 0.3) is 0 Å². The standard InChI is InChI=1S/C16H18BNO4/c1-3-10-4-5-11(17-22)8-13(10)15(20)9(2)12-6-7-14(19)18-16(12)21/h4-5,8,12,17,22H,2-3,6-7H2,1H3,(H,18,19,21). The lowest BCUT2D eigenvalue weighted by molar-refractivity contribution is -0.135. The average Bonchev–Trinajstić information content (AvgIpc) is 2.53. The Kier molecular flexibility index (Phi) is 4.93. The van der Waals surface area contributed by atoms with Gasteiger partial charge < -0.3 is 5.02 Å². The minimum Gasteiger partial charge on any atom is -0.449 e. The van der Waals surface area contributed by atoms with Crippen LogP contribution in [0.5, 0.6) is 0 Å². The van der Waals surface area contributed by atoms with Gasteiger partial charge in [0.1, 0.15) is 0 Å². The van der Waals surface area contributed by atoms with E-state index in [1.807, 2.05) is 6.92 Å². The summed E-state index contributed by atoms with van der Waals surface area (Å²) >= 11 is 0. The maximum Gasteiger partial charge on any atom is 0.304 e. The second-order valence-corrected chi connectivity index (χ2v) is 5.36. The van der Waals surface area contributed by atoms with Crippen LogP contribution in [0.1, 0.15) is 35.7 Å². The van der Waals surface area contributed by atoms with Crippen LogP contribution in [0.3, 0.4) is 0 Å². The molecule has 6 heteroatoms. The molecule has 114 valence electrons. The SMILES string of the molecule is C=C(C(=O)c1cc(BO)ccc1CC)C1CCC(=O)NC1=O. The lowest BCUT2D eigenvalue weighted by Crippen LogP contribution is -2.42. The maximum absolute atomic E-state index is 12.7. The quantitative estimate of drug-likeness (QED) is 0.347. The Morgan fingerprint density at radius 1 is 1.45 bits per heavy atom. The summed E-state index contributed by atoms with van der Waals surface area (Å²) < 4.78 is 0. The molecule has 1 saturated heterocycles. The maximum atomic E-state index is 12.7. The lowest BCUT2D eigenvalue weighted by Gasteiger charge is -2.22. The molecule has 1 fully saturated rings. The first kappa shape index (κ1) is 16.2. The molecule has 0 bridgehead atoms. The Balaban J connectivity index is 2.29. The number of hydrogen-bond donors (Lipinski definition) is 2. The number of aryl methyl sites for hydroxylation is 1. The zero-order chi connectivity index (χ0) is 16.3. The van der Waals surface area contributed by atoms with E-state index in [9.17, 15) is 19.4 Å². The summed E-state index contributed by atoms with van der Waals surface area (Å²) in [5.41, 5.74) is 2.13. The number of amides is 2. The molecule has 1 aliphatic heterocycles. The number of rotatable bonds is 5. The number of nitrogens with one attached hydrogen (secondary N) is 1. The molecule has 0 aliphatic carbocycles. The highest BCUT2D eigenvalue weighted by Gasteiger charge is 2.32. The monoisotopic (exact) mass is 299 g/mol. The van der Waals surface area contributed by atoms with Crippen LogP contribution < -0.4 is 10.8 Å². The Morgan fingerprint density at radius 2 is 2.18 bits per heavy atom. The number of carbonyl (C=O) groups is 3. The number of ketones is 1. The molecule has 0 aromatic heterocycles. The first-order valence-electron chi connectivity index (χ1n) is 7.27. The minimum atomic E-state index is -0.673. The van der Waals surface area contributed by atoms with Crippen molar-refractivity contribution in [3.8, 4) is 0 Å². The number of imide groups is 1. The first-order chi connectivity index (χ1) is 10.5. The molecule has 1 unspecified atom stereocenters. The van der Waals surface area contributed by atoms with E-state index in [-0.39, 0.29) is 31.2 Å². The third-order valence-electron chi connectivity index (χ3n) is 3.93. The molecule has 1 atom stereocenters. The number of benzene rings is 1. The Bertz CT molecular complexity index is 654. The highest BCUT2D eigenvalue weighted by Crippen LogP contribution is 2.24. The van der Waals surface area contributed by atoms with Gasteiger partial charge in [0.05, 0.1) is 5.92 Å². The number of hydrogen-bond acceptors (Lipinski definition) is 4. The van der Waals surface area contributed by atoms with Crippen molar-refractivity contribution in [3.05, 3.63) is 41.5 Å². The summed E-state index contributed by atoms with van der Waals surface area (Å²) in [5, 5.41) is 11.5. The number of piperidine rings is 1. The predicted octanol–water partition coefficient (Wildman–Crippen LogP) is 0.00980. The Hall–Kier alpha value is -2.21. The number of Topliss-reactive ketones (excluding diaryl/α,β-unsaturated/α-hetero) is 1. The van der Waals surface area contributed by atoms with Crippen LogP contribution in [0, 0.1) is 5.92 Å². The smallest absolute Gasteiger partial charge is 0.304 e. The van der Waals surface area contributed by atoms with Crippen molar-refractivity contribution in [2.45, 2.75) is 26.2 Å². The molecule has 0 saturated carbocycles. The molecule has 1 aromatic carbocycles. The molecule has 2 N–H and O–H groups in total. The zero-order valence-corrected chi connectivity index (χ0v) is 12.5. The third-order valence-corrected chi connectivity index (χ3v) is 3.93. The molecule has 2 rings (SSSR count). The van der Waals surface area contributed by atoms with Crippen LogP contribution in [0.2, 0.25) is 0 Å². The summed E-state index contributed by atoms with van der Waals surface area (Å²) in [6.45, 7) is 5.71. The van der Waals surface area contributed by atoms with Crippen LogP contribution in [-0.4, -0.2) is 30.1 Å². The Morgan fingerprint density at radius 3 is 2.77 bits per heavy atom. The highest BCUT2D eigenvalue weighted by molar-refractivity contribution is 6.45. The molecular weight excluding hydrogens is 281 g/mol. The van der Waals surface area contributed by atoms with Crippen molar-refractivity contribution in [2.75, 3.05) is 0 Å². The van der Waals surface area contributed by atoms with Crippen molar-refractivity contribution < 1.29 is 19.4 Å². The van der Waals surface area contributed by atoms with Crippen LogP contribution in [0.15, 0.2) is 30.4 Å². The molecule has 1 aromatic rings. The summed E-state index contributed by atoms with van der Waals surface area (Å²) in [7, 11) is -0.158. The van der Waals surface area contributed by atoms with E-state index in [1.54, 1.807) is 18.2 Å². The second kappa shape index (κ2) is 6.70. The van der Waals surface area contributed by atoms with Gasteiger partial charge in [0.2, 0.25) is 11.8 Å². The van der Waals surface area contributed by atoms with Gasteiger partial charge in [0.15, 0.2) is 5.78 Å². The molecule has 2 amide bonds. The van der Waals surface area contributed by atoms with E-state index in [2.05, 4.69) is 11.9 Å². The van der Waals surface area contributed by atoms with Gasteiger partial charge in [-0.15, -0.1) is 0 Å². The summed E-state index contributed by atoms with van der Waals surface area (Å²) in [6, 6.07) is 5.21. The van der Waals surface area contributed by atoms with Gasteiger partial charge in [0, 0.05) is 17.6 Å². The van der Waals surface area contributed by atoms with Crippen LogP contribution in [0.4, 0.5) is 0 Å². The molecule has 5 nitrogen and oxygen atoms in total. The van der Waals surface area contributed by atoms with Crippen molar-refractivity contribution >= 4 is 30.5 Å². The van der Waals surface area contributed by atoms with Gasteiger partial charge in [-0.1, -0.05) is 37.2 Å². The molecule has 1 aliphatic rings. The van der Waals surface area contributed by atoms with Crippen molar-refractivity contribution in [3.63, 3.8) is 0 Å². The molecule has 0 spiro atoms. The lowest BCUT2D eigenvalue weighted by atomic mass is 9.81. The largest absolute Gasteiger partial charge is 0.449 e. The van der Waals surface area contributed by atoms with Gasteiger partial charge in [0.25, 0.3) is 0 Å². The minimum absolute atomic E-state index is 0.158. The van der Waals surface area contributed by atoms with E-state index in [4.69, 9.17) is 0 Å². The number of carbonyl (C=O) groups excluding carboxylic acids is 3. The van der Waals surface area contributed by atoms with E-state index in [1.165, 1.54) is 0 Å². The topological polar surface area (TPSA) is 83.5 Å². The fraction of sp³-hybridized carbons (Fsp3) is 0.312. The fourth-order valence-corrected chi connectivity index (χ4v) is 2.60. The average molecular weight is 299 g/mol. The van der Waals surface area contributed by atoms with Crippen LogP contribution >= 0.6 is 0 Å². The second-order valence-electron chi connectivity index (χ2n) is 5.36. The first-order valence-corrected chi connectivity index (χ1v) is 7.27. The molecule has 1 heterocycles. The predicted molar refractivity (Wildman–Crippen MR) is 84.2 cm³/mol. The van der Waals surface area contributed by atoms with Gasteiger partial charge >= 0.3 is 7.48 Å². The van der Waals surface area contributed by atoms with Gasteiger partial charge in [-0.05, 0) is 18.4 Å². The molecule has 0 radical (unpaired) electrons. The van der Waals surface area contributed by atoms with E-state index >= 15 is 0 Å². The van der Waals surface area contributed by atoms with Gasteiger partial charge in [-0.2, -0.15) is 0 Å². The molecular formula is C16H18BNO4. The van der Waals surface area contributed by atoms with E-state index in [0.717, 1.165) is 5.56 Å². The third kappa shape index (κ3) is 3.17. The van der Waals surface area contributed by atoms with Crippen molar-refractivity contribution in [2.24, 2.45) is 5.92 Å². The van der Waals surface area contributed by atoms with Gasteiger partial charge in [-0.25, -0.2) is 0 Å². The van der Waals surface area contributed by atoms with Crippen LogP contribution in [-0.2, 0) is 16.0 Å². The van der Waals surface area contributed by atoms with E-state index < -0.39 is 11.8 Å². The summed E-state index contributed by atoms with van der Waals surface area (Å²) in [5.74, 6) is -1.77. The normalized spacial score (nSPS) is 17.8. The van der Waals surface area contributed by atoms with E-state index in [0.29, 0.717) is 23.9 Å². The molecule has 22 heavy (non-hydrogen) atoms. The Labute approximate surface area is 129 Å². The van der Waals surface area contributed by atoms with Gasteiger partial charge in [-0.3, -0.25) is 19.7 Å². The highest BCUT2D eigenvalue weighted by atomic mass is 16.2. The van der Waals surface area contributed by atoms with Crippen molar-refractivity contribution in [1.82, 2.24) is 5.32 Å². The summed E-state index contributed by atoms with van der Waals surface area (Å²) in [6.07, 6.45) is 1.17. The van der Waals surface area contributed by atoms with Crippen molar-refractivity contribution in [1.29, 1.82) is 0 Å². The fourth-order valence-electron chi connectivity index (χ4n) is 2.60. The summed E-state index contributed by atoms with van der Waals surface area (Å²) in [4.78, 5) is 35.7.